The van der Waals surface area contributed by atoms with E-state index in [-0.39, 0.29) is 5.69 Å². The van der Waals surface area contributed by atoms with Crippen molar-refractivity contribution in [3.8, 4) is 22.1 Å². The summed E-state index contributed by atoms with van der Waals surface area (Å²) >= 11 is 1.34. The molecule has 0 spiro atoms. The Balaban J connectivity index is 0.000000170. The molecule has 3 N–H and O–H groups in total. The molecule has 4 aromatic rings. The summed E-state index contributed by atoms with van der Waals surface area (Å²) in [6.45, 7) is 6.15. The fourth-order valence-corrected chi connectivity index (χ4v) is 5.04. The average molecular weight is 509 g/mol. The molecule has 3 aromatic heterocycles. The van der Waals surface area contributed by atoms with Gasteiger partial charge in [0.2, 0.25) is 5.88 Å². The van der Waals surface area contributed by atoms with E-state index in [0.717, 1.165) is 30.2 Å². The van der Waals surface area contributed by atoms with Crippen molar-refractivity contribution in [1.82, 2.24) is 20.3 Å². The first-order valence-electron chi connectivity index (χ1n) is 12.0. The number of aromatic carboxylic acids is 1. The molecule has 1 fully saturated rings. The number of aryl methyl sites for hydroxylation is 2. The maximum Gasteiger partial charge on any atom is 0.356 e. The lowest BCUT2D eigenvalue weighted by Gasteiger charge is -2.08. The molecular weight excluding hydrogens is 476 g/mol. The van der Waals surface area contributed by atoms with E-state index in [1.807, 2.05) is 6.07 Å². The molecule has 0 unspecified atom stereocenters. The monoisotopic (exact) mass is 508 g/mol. The number of thiazole rings is 1. The van der Waals surface area contributed by atoms with E-state index in [9.17, 15) is 4.79 Å². The maximum absolute atomic E-state index is 11.0. The van der Waals surface area contributed by atoms with Crippen LogP contribution in [-0.4, -0.2) is 53.3 Å². The number of ether oxygens (including phenoxy) is 2. The largest absolute Gasteiger partial charge is 0.496 e. The second-order valence-corrected chi connectivity index (χ2v) is 10.0. The molecule has 0 aliphatic heterocycles. The number of H-pyrrole nitrogens is 1. The van der Waals surface area contributed by atoms with Gasteiger partial charge in [-0.25, -0.2) is 14.8 Å². The number of pyridine rings is 1. The number of carboxylic acids is 1. The van der Waals surface area contributed by atoms with Gasteiger partial charge in [0.1, 0.15) is 5.75 Å². The van der Waals surface area contributed by atoms with Crippen molar-refractivity contribution in [2.45, 2.75) is 33.1 Å². The quantitative estimate of drug-likeness (QED) is 0.265. The molecule has 9 heteroatoms. The molecule has 0 bridgehead atoms. The fourth-order valence-electron chi connectivity index (χ4n) is 4.14. The van der Waals surface area contributed by atoms with Gasteiger partial charge in [-0.1, -0.05) is 0 Å². The van der Waals surface area contributed by atoms with Crippen LogP contribution in [0.4, 0.5) is 0 Å². The second-order valence-electron chi connectivity index (χ2n) is 8.83. The zero-order valence-electron chi connectivity index (χ0n) is 21.1. The van der Waals surface area contributed by atoms with Gasteiger partial charge in [-0.05, 0) is 75.9 Å². The number of nitrogens with one attached hydrogen (secondary N) is 2. The van der Waals surface area contributed by atoms with Crippen LogP contribution < -0.4 is 14.8 Å². The highest BCUT2D eigenvalue weighted by Crippen LogP contribution is 2.31. The van der Waals surface area contributed by atoms with E-state index in [4.69, 9.17) is 14.6 Å². The number of methoxy groups -OCH3 is 2. The Morgan fingerprint density at radius 3 is 2.64 bits per heavy atom. The highest BCUT2D eigenvalue weighted by Gasteiger charge is 2.20. The summed E-state index contributed by atoms with van der Waals surface area (Å²) in [5, 5.41) is 14.6. The molecule has 0 amide bonds. The molecule has 36 heavy (non-hydrogen) atoms. The minimum absolute atomic E-state index is 0.0690. The number of benzene rings is 1. The third kappa shape index (κ3) is 6.03. The Labute approximate surface area is 214 Å². The third-order valence-electron chi connectivity index (χ3n) is 6.20. The molecule has 0 atom stereocenters. The van der Waals surface area contributed by atoms with Crippen LogP contribution in [0.3, 0.4) is 0 Å². The molecule has 5 rings (SSSR count). The Morgan fingerprint density at radius 2 is 2.00 bits per heavy atom. The lowest BCUT2D eigenvalue weighted by Crippen LogP contribution is -2.19. The van der Waals surface area contributed by atoms with Gasteiger partial charge in [0.25, 0.3) is 0 Å². The van der Waals surface area contributed by atoms with Crippen LogP contribution in [0.1, 0.15) is 39.5 Å². The van der Waals surface area contributed by atoms with E-state index in [0.29, 0.717) is 15.8 Å². The zero-order chi connectivity index (χ0) is 25.7. The van der Waals surface area contributed by atoms with Crippen molar-refractivity contribution in [3.63, 3.8) is 0 Å². The molecule has 0 saturated heterocycles. The summed E-state index contributed by atoms with van der Waals surface area (Å²) in [7, 11) is 3.26. The van der Waals surface area contributed by atoms with Gasteiger partial charge in [0, 0.05) is 40.5 Å². The first-order valence-corrected chi connectivity index (χ1v) is 12.8. The number of aromatic amines is 1. The van der Waals surface area contributed by atoms with Gasteiger partial charge in [0.15, 0.2) is 5.69 Å². The Kier molecular flexibility index (Phi) is 8.22. The highest BCUT2D eigenvalue weighted by molar-refractivity contribution is 7.15. The van der Waals surface area contributed by atoms with E-state index in [1.165, 1.54) is 59.9 Å². The van der Waals surface area contributed by atoms with Crippen LogP contribution in [0.25, 0.3) is 21.3 Å². The topological polar surface area (TPSA) is 109 Å². The summed E-state index contributed by atoms with van der Waals surface area (Å²) in [5.74, 6) is 1.39. The predicted octanol–water partition coefficient (Wildman–Crippen LogP) is 5.25. The Morgan fingerprint density at radius 1 is 1.19 bits per heavy atom. The SMILES string of the molecule is COc1ccc(-c2sc(C)nc2C(=O)O)cn1.COc1ccc2[nH]cc(CCNCC3CC3)c2c1C. The van der Waals surface area contributed by atoms with E-state index in [1.54, 1.807) is 32.4 Å². The summed E-state index contributed by atoms with van der Waals surface area (Å²) < 4.78 is 10.4. The molecule has 190 valence electrons. The van der Waals surface area contributed by atoms with E-state index >= 15 is 0 Å². The van der Waals surface area contributed by atoms with Crippen molar-refractivity contribution in [2.75, 3.05) is 27.3 Å². The number of carboxylic acid groups (broad SMARTS) is 1. The number of nitrogens with zero attached hydrogens (tertiary/aromatic N) is 2. The van der Waals surface area contributed by atoms with Crippen LogP contribution in [0.15, 0.2) is 36.7 Å². The highest BCUT2D eigenvalue weighted by atomic mass is 32.1. The molecule has 3 heterocycles. The summed E-state index contributed by atoms with van der Waals surface area (Å²) in [4.78, 5) is 23.0. The van der Waals surface area contributed by atoms with Crippen LogP contribution >= 0.6 is 11.3 Å². The van der Waals surface area contributed by atoms with E-state index < -0.39 is 5.97 Å². The molecule has 8 nitrogen and oxygen atoms in total. The van der Waals surface area contributed by atoms with Gasteiger partial charge in [-0.3, -0.25) is 0 Å². The molecular formula is C27H32N4O4S. The Bertz CT molecular complexity index is 1330. The zero-order valence-corrected chi connectivity index (χ0v) is 21.9. The average Bonchev–Trinajstić information content (AvgIpc) is 3.48. The summed E-state index contributed by atoms with van der Waals surface area (Å²) in [5.41, 5.74) is 4.62. The standard InChI is InChI=1S/C16H22N2O.C11H10N2O3S/c1-11-15(19-2)6-5-14-16(11)13(10-18-14)7-8-17-9-12-3-4-12;1-6-13-9(11(14)15)10(17-6)7-3-4-8(16-2)12-5-7/h5-6,10,12,17-18H,3-4,7-9H2,1-2H3;3-5H,1-2H3,(H,14,15). The first kappa shape index (κ1) is 25.7. The van der Waals surface area contributed by atoms with Crippen LogP contribution in [-0.2, 0) is 6.42 Å². The maximum atomic E-state index is 11.0. The minimum Gasteiger partial charge on any atom is -0.496 e. The van der Waals surface area contributed by atoms with Gasteiger partial charge in [-0.15, -0.1) is 11.3 Å². The van der Waals surface area contributed by atoms with Gasteiger partial charge in [0.05, 0.1) is 24.1 Å². The van der Waals surface area contributed by atoms with E-state index in [2.05, 4.69) is 39.5 Å². The Hall–Kier alpha value is -3.43. The number of fused-ring (bicyclic) bond motifs is 1. The minimum atomic E-state index is -1.03. The van der Waals surface area contributed by atoms with Crippen molar-refractivity contribution < 1.29 is 19.4 Å². The summed E-state index contributed by atoms with van der Waals surface area (Å²) in [6, 6.07) is 7.59. The smallest absolute Gasteiger partial charge is 0.356 e. The van der Waals surface area contributed by atoms with Gasteiger partial charge < -0.3 is 24.9 Å². The number of rotatable bonds is 9. The first-order chi connectivity index (χ1) is 17.4. The molecule has 1 saturated carbocycles. The molecule has 0 radical (unpaired) electrons. The fraction of sp³-hybridized carbons (Fsp3) is 0.370. The number of aromatic nitrogens is 3. The number of carbonyl (C=O) groups is 1. The molecule has 1 aromatic carbocycles. The predicted molar refractivity (Wildman–Crippen MR) is 142 cm³/mol. The van der Waals surface area contributed by atoms with Crippen molar-refractivity contribution >= 4 is 28.2 Å². The van der Waals surface area contributed by atoms with Crippen LogP contribution in [0, 0.1) is 19.8 Å². The second kappa shape index (κ2) is 11.5. The molecule has 1 aliphatic rings. The number of hydrogen-bond acceptors (Lipinski definition) is 7. The van der Waals surface area contributed by atoms with Gasteiger partial charge >= 0.3 is 5.97 Å². The van der Waals surface area contributed by atoms with Crippen molar-refractivity contribution in [3.05, 3.63) is 58.5 Å². The van der Waals surface area contributed by atoms with Crippen molar-refractivity contribution in [1.29, 1.82) is 0 Å². The lowest BCUT2D eigenvalue weighted by molar-refractivity contribution is 0.0692. The lowest BCUT2D eigenvalue weighted by atomic mass is 10.0. The van der Waals surface area contributed by atoms with Gasteiger partial charge in [-0.2, -0.15) is 0 Å². The number of hydrogen-bond donors (Lipinski definition) is 3. The van der Waals surface area contributed by atoms with Crippen molar-refractivity contribution in [2.24, 2.45) is 5.92 Å². The van der Waals surface area contributed by atoms with Crippen LogP contribution in [0.2, 0.25) is 0 Å². The third-order valence-corrected chi connectivity index (χ3v) is 7.22. The van der Waals surface area contributed by atoms with Crippen LogP contribution in [0.5, 0.6) is 11.6 Å². The summed E-state index contributed by atoms with van der Waals surface area (Å²) in [6.07, 6.45) is 7.61. The normalized spacial score (nSPS) is 12.8. The molecule has 1 aliphatic carbocycles.